The highest BCUT2D eigenvalue weighted by Gasteiger charge is 2.30. The van der Waals surface area contributed by atoms with Crippen molar-refractivity contribution in [1.82, 2.24) is 29.4 Å². The minimum Gasteiger partial charge on any atom is -0.378 e. The summed E-state index contributed by atoms with van der Waals surface area (Å²) in [4.78, 5) is 11.0. The second-order valence-electron chi connectivity index (χ2n) is 8.33. The normalized spacial score (nSPS) is 14.5. The summed E-state index contributed by atoms with van der Waals surface area (Å²) in [5.41, 5.74) is 2.77. The van der Waals surface area contributed by atoms with Gasteiger partial charge in [-0.3, -0.25) is 4.98 Å². The topological polar surface area (TPSA) is 73.4 Å². The Morgan fingerprint density at radius 3 is 2.25 bits per heavy atom. The Morgan fingerprint density at radius 1 is 0.806 bits per heavy atom. The van der Waals surface area contributed by atoms with Crippen LogP contribution in [0.4, 0.5) is 19.0 Å². The third-order valence-electron chi connectivity index (χ3n) is 6.04. The molecule has 1 aliphatic rings. The Labute approximate surface area is 203 Å². The number of nitrogens with zero attached hydrogens (tertiary/aromatic N) is 7. The highest BCUT2D eigenvalue weighted by Crippen LogP contribution is 2.31. The summed E-state index contributed by atoms with van der Waals surface area (Å²) in [6, 6.07) is 14.3. The molecule has 1 aromatic carbocycles. The Bertz CT molecular complexity index is 1500. The molecule has 0 aliphatic carbocycles. The van der Waals surface area contributed by atoms with Crippen molar-refractivity contribution in [2.45, 2.75) is 6.18 Å². The van der Waals surface area contributed by atoms with Crippen molar-refractivity contribution in [3.05, 3.63) is 78.8 Å². The Kier molecular flexibility index (Phi) is 5.41. The van der Waals surface area contributed by atoms with E-state index in [-0.39, 0.29) is 0 Å². The molecule has 0 N–H and O–H groups in total. The van der Waals surface area contributed by atoms with Gasteiger partial charge in [0, 0.05) is 54.9 Å². The molecule has 36 heavy (non-hydrogen) atoms. The molecule has 0 atom stereocenters. The maximum Gasteiger partial charge on any atom is 0.416 e. The minimum absolute atomic E-state index is 0.546. The molecule has 1 saturated heterocycles. The summed E-state index contributed by atoms with van der Waals surface area (Å²) in [7, 11) is 0. The quantitative estimate of drug-likeness (QED) is 0.369. The smallest absolute Gasteiger partial charge is 0.378 e. The third kappa shape index (κ3) is 4.17. The second-order valence-corrected chi connectivity index (χ2v) is 8.33. The lowest BCUT2D eigenvalue weighted by molar-refractivity contribution is -0.137. The Morgan fingerprint density at radius 2 is 1.53 bits per heavy atom. The van der Waals surface area contributed by atoms with Crippen molar-refractivity contribution >= 4 is 11.5 Å². The molecule has 5 aromatic rings. The molecule has 8 nitrogen and oxygen atoms in total. The van der Waals surface area contributed by atoms with Gasteiger partial charge in [0.2, 0.25) is 0 Å². The first kappa shape index (κ1) is 22.2. The SMILES string of the molecule is FC(F)(F)c1ccc(-c2ccn(-c3cc(N4CCOCC4)n4nc(-c5ccncc5)cc4n3)n2)cc1. The predicted octanol–water partition coefficient (Wildman–Crippen LogP) is 4.50. The molecule has 0 radical (unpaired) electrons. The van der Waals surface area contributed by atoms with Crippen LogP contribution >= 0.6 is 0 Å². The van der Waals surface area contributed by atoms with E-state index in [1.165, 1.54) is 12.1 Å². The lowest BCUT2D eigenvalue weighted by atomic mass is 10.1. The molecule has 0 unspecified atom stereocenters. The maximum atomic E-state index is 12.9. The lowest BCUT2D eigenvalue weighted by Gasteiger charge is -2.29. The van der Waals surface area contributed by atoms with Gasteiger partial charge in [0.15, 0.2) is 11.5 Å². The van der Waals surface area contributed by atoms with Crippen molar-refractivity contribution in [1.29, 1.82) is 0 Å². The van der Waals surface area contributed by atoms with Crippen LogP contribution in [0.15, 0.2) is 73.2 Å². The standard InChI is InChI=1S/C25H20F3N7O/c26-25(27,28)19-3-1-17(2-4-19)20-7-10-34(31-20)22-16-24(33-11-13-36-14-12-33)35-23(30-22)15-21(32-35)18-5-8-29-9-6-18/h1-10,15-16H,11-14H2. The summed E-state index contributed by atoms with van der Waals surface area (Å²) >= 11 is 0. The maximum absolute atomic E-state index is 12.9. The number of morpholine rings is 1. The van der Waals surface area contributed by atoms with Gasteiger partial charge in [0.25, 0.3) is 0 Å². The molecule has 1 fully saturated rings. The van der Waals surface area contributed by atoms with Crippen molar-refractivity contribution in [2.75, 3.05) is 31.2 Å². The number of halogens is 3. The van der Waals surface area contributed by atoms with Crippen LogP contribution in [0, 0.1) is 0 Å². The average Bonchev–Trinajstić information content (AvgIpc) is 3.57. The first-order valence-electron chi connectivity index (χ1n) is 11.3. The van der Waals surface area contributed by atoms with E-state index in [0.717, 1.165) is 29.2 Å². The molecular weight excluding hydrogens is 471 g/mol. The molecule has 0 saturated carbocycles. The molecular formula is C25H20F3N7O. The fourth-order valence-electron chi connectivity index (χ4n) is 4.18. The molecule has 0 amide bonds. The van der Waals surface area contributed by atoms with Crippen molar-refractivity contribution < 1.29 is 17.9 Å². The molecule has 0 bridgehead atoms. The van der Waals surface area contributed by atoms with E-state index in [1.807, 2.05) is 28.8 Å². The number of rotatable bonds is 4. The number of pyridine rings is 1. The number of hydrogen-bond acceptors (Lipinski definition) is 6. The van der Waals surface area contributed by atoms with Crippen LogP contribution in [0.1, 0.15) is 5.56 Å². The Balaban J connectivity index is 1.41. The van der Waals surface area contributed by atoms with Crippen LogP contribution in [0.3, 0.4) is 0 Å². The van der Waals surface area contributed by atoms with Crippen LogP contribution in [-0.2, 0) is 10.9 Å². The van der Waals surface area contributed by atoms with Gasteiger partial charge in [-0.15, -0.1) is 0 Å². The summed E-state index contributed by atoms with van der Waals surface area (Å²) in [5.74, 6) is 1.42. The van der Waals surface area contributed by atoms with Crippen LogP contribution in [-0.4, -0.2) is 55.7 Å². The van der Waals surface area contributed by atoms with Gasteiger partial charge >= 0.3 is 6.18 Å². The highest BCUT2D eigenvalue weighted by molar-refractivity contribution is 5.67. The lowest BCUT2D eigenvalue weighted by Crippen LogP contribution is -2.37. The molecule has 182 valence electrons. The monoisotopic (exact) mass is 491 g/mol. The molecule has 1 aliphatic heterocycles. The van der Waals surface area contributed by atoms with Crippen molar-refractivity contribution in [3.8, 4) is 28.3 Å². The number of hydrogen-bond donors (Lipinski definition) is 0. The number of fused-ring (bicyclic) bond motifs is 1. The van der Waals surface area contributed by atoms with Gasteiger partial charge in [-0.2, -0.15) is 27.9 Å². The molecule has 6 rings (SSSR count). The van der Waals surface area contributed by atoms with Gasteiger partial charge in [0.1, 0.15) is 5.82 Å². The van der Waals surface area contributed by atoms with Gasteiger partial charge in [-0.05, 0) is 30.3 Å². The average molecular weight is 491 g/mol. The van der Waals surface area contributed by atoms with Crippen molar-refractivity contribution in [3.63, 3.8) is 0 Å². The number of alkyl halides is 3. The third-order valence-corrected chi connectivity index (χ3v) is 6.04. The van der Waals surface area contributed by atoms with E-state index in [9.17, 15) is 13.2 Å². The second kappa shape index (κ2) is 8.76. The summed E-state index contributed by atoms with van der Waals surface area (Å²) < 4.78 is 47.7. The number of aromatic nitrogens is 6. The van der Waals surface area contributed by atoms with Gasteiger partial charge in [-0.1, -0.05) is 12.1 Å². The minimum atomic E-state index is -4.38. The van der Waals surface area contributed by atoms with E-state index in [4.69, 9.17) is 14.8 Å². The van der Waals surface area contributed by atoms with Gasteiger partial charge < -0.3 is 9.64 Å². The fraction of sp³-hybridized carbons (Fsp3) is 0.200. The van der Waals surface area contributed by atoms with Crippen LogP contribution in [0.5, 0.6) is 0 Å². The molecule has 11 heteroatoms. The number of anilines is 1. The van der Waals surface area contributed by atoms with E-state index in [0.29, 0.717) is 49.0 Å². The van der Waals surface area contributed by atoms with E-state index in [1.54, 1.807) is 29.3 Å². The van der Waals surface area contributed by atoms with Crippen LogP contribution in [0.25, 0.3) is 34.0 Å². The van der Waals surface area contributed by atoms with Crippen molar-refractivity contribution in [2.24, 2.45) is 0 Å². The van der Waals surface area contributed by atoms with E-state index in [2.05, 4.69) is 15.0 Å². The summed E-state index contributed by atoms with van der Waals surface area (Å²) in [6.45, 7) is 2.63. The Hall–Kier alpha value is -4.25. The van der Waals surface area contributed by atoms with Gasteiger partial charge in [0.05, 0.1) is 30.2 Å². The van der Waals surface area contributed by atoms with Crippen LogP contribution in [0.2, 0.25) is 0 Å². The molecule has 5 heterocycles. The van der Waals surface area contributed by atoms with E-state index < -0.39 is 11.7 Å². The first-order valence-corrected chi connectivity index (χ1v) is 11.3. The highest BCUT2D eigenvalue weighted by atomic mass is 19.4. The summed E-state index contributed by atoms with van der Waals surface area (Å²) in [6.07, 6.45) is 0.795. The summed E-state index contributed by atoms with van der Waals surface area (Å²) in [5, 5.41) is 9.39. The predicted molar refractivity (Wildman–Crippen MR) is 127 cm³/mol. The zero-order chi connectivity index (χ0) is 24.7. The molecule has 4 aromatic heterocycles. The number of ether oxygens (including phenoxy) is 1. The fourth-order valence-corrected chi connectivity index (χ4v) is 4.18. The zero-order valence-corrected chi connectivity index (χ0v) is 18.9. The van der Waals surface area contributed by atoms with E-state index >= 15 is 0 Å². The zero-order valence-electron chi connectivity index (χ0n) is 18.9. The van der Waals surface area contributed by atoms with Crippen LogP contribution < -0.4 is 4.90 Å². The number of benzene rings is 1. The first-order chi connectivity index (χ1) is 17.5. The molecule has 0 spiro atoms. The van der Waals surface area contributed by atoms with Gasteiger partial charge in [-0.25, -0.2) is 9.67 Å². The largest absolute Gasteiger partial charge is 0.416 e.